The summed E-state index contributed by atoms with van der Waals surface area (Å²) < 4.78 is 37.0. The number of urea groups is 1. The maximum Gasteiger partial charge on any atom is 0.445 e. The first kappa shape index (κ1) is 17.6. The highest BCUT2D eigenvalue weighted by Crippen LogP contribution is 2.32. The molecular formula is C11H17F3N4O2S. The molecule has 21 heavy (non-hydrogen) atoms. The van der Waals surface area contributed by atoms with E-state index in [1.54, 1.807) is 0 Å². The van der Waals surface area contributed by atoms with Crippen LogP contribution in [0.15, 0.2) is 0 Å². The minimum atomic E-state index is -4.57. The number of amides is 2. The van der Waals surface area contributed by atoms with E-state index in [1.165, 1.54) is 0 Å². The van der Waals surface area contributed by atoms with Gasteiger partial charge in [0, 0.05) is 13.2 Å². The van der Waals surface area contributed by atoms with E-state index in [-0.39, 0.29) is 29.0 Å². The highest BCUT2D eigenvalue weighted by Gasteiger charge is 2.35. The smallest absolute Gasteiger partial charge is 0.396 e. The number of aliphatic hydroxyl groups is 1. The Labute approximate surface area is 123 Å². The average Bonchev–Trinajstić information content (AvgIpc) is 2.85. The Bertz CT molecular complexity index is 447. The second-order valence-corrected chi connectivity index (χ2v) is 5.39. The van der Waals surface area contributed by atoms with Crippen LogP contribution < -0.4 is 10.6 Å². The van der Waals surface area contributed by atoms with Crippen molar-refractivity contribution in [2.75, 3.05) is 18.5 Å². The molecule has 10 heteroatoms. The van der Waals surface area contributed by atoms with Crippen LogP contribution in [-0.4, -0.2) is 34.5 Å². The summed E-state index contributed by atoms with van der Waals surface area (Å²) in [6, 6.07) is -0.640. The van der Waals surface area contributed by atoms with Crippen LogP contribution in [-0.2, 0) is 6.18 Å². The quantitative estimate of drug-likeness (QED) is 0.718. The second-order valence-electron chi connectivity index (χ2n) is 4.41. The Morgan fingerprint density at radius 2 is 2.10 bits per heavy atom. The van der Waals surface area contributed by atoms with Gasteiger partial charge in [-0.3, -0.25) is 5.32 Å². The predicted octanol–water partition coefficient (Wildman–Crippen LogP) is 2.48. The maximum absolute atomic E-state index is 12.3. The number of nitrogens with one attached hydrogen (secondary N) is 2. The number of nitrogens with zero attached hydrogens (tertiary/aromatic N) is 2. The van der Waals surface area contributed by atoms with Crippen LogP contribution in [0.5, 0.6) is 0 Å². The van der Waals surface area contributed by atoms with E-state index in [0.717, 1.165) is 12.8 Å². The van der Waals surface area contributed by atoms with E-state index >= 15 is 0 Å². The first-order valence-corrected chi connectivity index (χ1v) is 7.24. The number of aromatic nitrogens is 2. The third-order valence-corrected chi connectivity index (χ3v) is 3.56. The molecule has 1 rings (SSSR count). The highest BCUT2D eigenvalue weighted by atomic mass is 32.1. The fourth-order valence-electron chi connectivity index (χ4n) is 1.71. The summed E-state index contributed by atoms with van der Waals surface area (Å²) >= 11 is 0.264. The molecule has 6 nitrogen and oxygen atoms in total. The lowest BCUT2D eigenvalue weighted by molar-refractivity contribution is -0.138. The average molecular weight is 326 g/mol. The molecule has 2 amide bonds. The Balaban J connectivity index is 2.44. The number of alkyl halides is 3. The Hall–Kier alpha value is -1.42. The topological polar surface area (TPSA) is 87.1 Å². The molecule has 1 unspecified atom stereocenters. The van der Waals surface area contributed by atoms with Crippen LogP contribution in [0.1, 0.15) is 31.2 Å². The zero-order valence-electron chi connectivity index (χ0n) is 11.4. The van der Waals surface area contributed by atoms with Gasteiger partial charge in [-0.25, -0.2) is 4.79 Å². The van der Waals surface area contributed by atoms with Crippen molar-refractivity contribution in [1.29, 1.82) is 0 Å². The molecule has 0 aromatic carbocycles. The molecule has 0 spiro atoms. The van der Waals surface area contributed by atoms with Crippen LogP contribution in [0, 0.1) is 5.92 Å². The standard InChI is InChI=1S/C11H17F3N4O2S/c1-2-3-7(4-5-19)6-15-9(20)16-10-18-17-8(21-10)11(12,13)14/h7,19H,2-6H2,1H3,(H2,15,16,18,20). The van der Waals surface area contributed by atoms with E-state index < -0.39 is 17.2 Å². The van der Waals surface area contributed by atoms with Crippen LogP contribution >= 0.6 is 11.3 Å². The molecule has 1 atom stereocenters. The summed E-state index contributed by atoms with van der Waals surface area (Å²) in [7, 11) is 0. The highest BCUT2D eigenvalue weighted by molar-refractivity contribution is 7.15. The summed E-state index contributed by atoms with van der Waals surface area (Å²) in [4.78, 5) is 11.6. The van der Waals surface area contributed by atoms with Crippen molar-refractivity contribution in [1.82, 2.24) is 15.5 Å². The summed E-state index contributed by atoms with van der Waals surface area (Å²) in [5.41, 5.74) is 0. The summed E-state index contributed by atoms with van der Waals surface area (Å²) in [5, 5.41) is 18.5. The molecule has 0 aliphatic heterocycles. The monoisotopic (exact) mass is 326 g/mol. The number of aliphatic hydroxyl groups excluding tert-OH is 1. The van der Waals surface area contributed by atoms with Gasteiger partial charge in [0.15, 0.2) is 0 Å². The first-order chi connectivity index (χ1) is 9.86. The fraction of sp³-hybridized carbons (Fsp3) is 0.727. The molecule has 0 aliphatic carbocycles. The minimum Gasteiger partial charge on any atom is -0.396 e. The Morgan fingerprint density at radius 1 is 1.38 bits per heavy atom. The van der Waals surface area contributed by atoms with Gasteiger partial charge in [-0.15, -0.1) is 10.2 Å². The lowest BCUT2D eigenvalue weighted by Crippen LogP contribution is -2.33. The van der Waals surface area contributed by atoms with Crippen LogP contribution in [0.25, 0.3) is 0 Å². The van der Waals surface area contributed by atoms with Gasteiger partial charge >= 0.3 is 12.2 Å². The molecule has 0 fully saturated rings. The van der Waals surface area contributed by atoms with Crippen molar-refractivity contribution < 1.29 is 23.1 Å². The normalized spacial score (nSPS) is 13.0. The van der Waals surface area contributed by atoms with Crippen molar-refractivity contribution in [3.63, 3.8) is 0 Å². The first-order valence-electron chi connectivity index (χ1n) is 6.43. The number of hydrogen-bond acceptors (Lipinski definition) is 5. The molecule has 1 aromatic heterocycles. The predicted molar refractivity (Wildman–Crippen MR) is 72.0 cm³/mol. The minimum absolute atomic E-state index is 0.0271. The van der Waals surface area contributed by atoms with Gasteiger partial charge in [0.05, 0.1) is 0 Å². The summed E-state index contributed by atoms with van der Waals surface area (Å²) in [6.45, 7) is 2.36. The summed E-state index contributed by atoms with van der Waals surface area (Å²) in [5.74, 6) is 0.130. The van der Waals surface area contributed by atoms with Crippen molar-refractivity contribution >= 4 is 22.5 Å². The second kappa shape index (κ2) is 8.13. The summed E-state index contributed by atoms with van der Waals surface area (Å²) in [6.07, 6.45) is -2.25. The largest absolute Gasteiger partial charge is 0.445 e. The zero-order valence-corrected chi connectivity index (χ0v) is 12.2. The molecule has 1 heterocycles. The van der Waals surface area contributed by atoms with Gasteiger partial charge in [-0.2, -0.15) is 13.2 Å². The fourth-order valence-corrected chi connectivity index (χ4v) is 2.31. The third-order valence-electron chi connectivity index (χ3n) is 2.67. The number of anilines is 1. The lowest BCUT2D eigenvalue weighted by Gasteiger charge is -2.15. The van der Waals surface area contributed by atoms with E-state index in [4.69, 9.17) is 5.11 Å². The van der Waals surface area contributed by atoms with Gasteiger partial charge in [0.25, 0.3) is 0 Å². The Morgan fingerprint density at radius 3 is 2.62 bits per heavy atom. The van der Waals surface area contributed by atoms with Crippen molar-refractivity contribution in [3.05, 3.63) is 5.01 Å². The van der Waals surface area contributed by atoms with Gasteiger partial charge in [-0.1, -0.05) is 24.7 Å². The van der Waals surface area contributed by atoms with Gasteiger partial charge in [0.2, 0.25) is 10.1 Å². The lowest BCUT2D eigenvalue weighted by atomic mass is 10.0. The van der Waals surface area contributed by atoms with Crippen LogP contribution in [0.2, 0.25) is 0 Å². The SMILES string of the molecule is CCCC(CCO)CNC(=O)Nc1nnc(C(F)(F)F)s1. The van der Waals surface area contributed by atoms with Crippen LogP contribution in [0.3, 0.4) is 0 Å². The number of carbonyl (C=O) groups excluding carboxylic acids is 1. The molecular weight excluding hydrogens is 309 g/mol. The van der Waals surface area contributed by atoms with Crippen LogP contribution in [0.4, 0.5) is 23.1 Å². The van der Waals surface area contributed by atoms with Crippen molar-refractivity contribution in [2.45, 2.75) is 32.4 Å². The molecule has 1 aromatic rings. The number of carbonyl (C=O) groups is 1. The van der Waals surface area contributed by atoms with Gasteiger partial charge in [0.1, 0.15) is 0 Å². The third kappa shape index (κ3) is 6.25. The van der Waals surface area contributed by atoms with E-state index in [2.05, 4.69) is 20.8 Å². The zero-order chi connectivity index (χ0) is 15.9. The maximum atomic E-state index is 12.3. The molecule has 0 radical (unpaired) electrons. The van der Waals surface area contributed by atoms with E-state index in [0.29, 0.717) is 13.0 Å². The number of halogens is 3. The van der Waals surface area contributed by atoms with E-state index in [9.17, 15) is 18.0 Å². The molecule has 3 N–H and O–H groups in total. The number of hydrogen-bond donors (Lipinski definition) is 3. The van der Waals surface area contributed by atoms with E-state index in [1.807, 2.05) is 6.92 Å². The molecule has 120 valence electrons. The van der Waals surface area contributed by atoms with Gasteiger partial charge in [-0.05, 0) is 18.8 Å². The van der Waals surface area contributed by atoms with Crippen molar-refractivity contribution in [3.8, 4) is 0 Å². The molecule has 0 saturated carbocycles. The molecule has 0 bridgehead atoms. The Kier molecular flexibility index (Phi) is 6.82. The molecule has 0 saturated heterocycles. The molecule has 0 aliphatic rings. The van der Waals surface area contributed by atoms with Gasteiger partial charge < -0.3 is 10.4 Å². The number of rotatable bonds is 7. The van der Waals surface area contributed by atoms with Crippen molar-refractivity contribution in [2.24, 2.45) is 5.92 Å².